The molecule has 2 saturated heterocycles. The van der Waals surface area contributed by atoms with Crippen molar-refractivity contribution in [3.8, 4) is 0 Å². The van der Waals surface area contributed by atoms with Crippen LogP contribution in [0.15, 0.2) is 0 Å². The van der Waals surface area contributed by atoms with Gasteiger partial charge in [0.05, 0.1) is 12.2 Å². The molecule has 2 fully saturated rings. The molecule has 7 heteroatoms. The quantitative estimate of drug-likeness (QED) is 0.722. The Morgan fingerprint density at radius 3 is 2.46 bits per heavy atom. The maximum atomic E-state index is 12.3. The lowest BCUT2D eigenvalue weighted by atomic mass is 9.92. The molecule has 2 aliphatic heterocycles. The van der Waals surface area contributed by atoms with E-state index in [2.05, 4.69) is 24.1 Å². The van der Waals surface area contributed by atoms with Gasteiger partial charge in [-0.2, -0.15) is 0 Å². The second kappa shape index (κ2) is 8.63. The summed E-state index contributed by atoms with van der Waals surface area (Å²) in [4.78, 5) is 14.8. The minimum atomic E-state index is -3.20. The largest absolute Gasteiger partial charge is 0.356 e. The Morgan fingerprint density at radius 2 is 1.83 bits per heavy atom. The van der Waals surface area contributed by atoms with Crippen molar-refractivity contribution in [2.24, 2.45) is 17.8 Å². The summed E-state index contributed by atoms with van der Waals surface area (Å²) in [5, 5.41) is 3.00. The van der Waals surface area contributed by atoms with E-state index in [0.29, 0.717) is 19.6 Å². The van der Waals surface area contributed by atoms with Gasteiger partial charge in [0.15, 0.2) is 0 Å². The lowest BCUT2D eigenvalue weighted by molar-refractivity contribution is -0.126. The molecule has 140 valence electrons. The molecule has 0 spiro atoms. The first-order valence-electron chi connectivity index (χ1n) is 9.21. The second-order valence-electron chi connectivity index (χ2n) is 7.81. The number of piperidine rings is 2. The third-order valence-electron chi connectivity index (χ3n) is 5.12. The van der Waals surface area contributed by atoms with Crippen molar-refractivity contribution in [1.29, 1.82) is 0 Å². The number of hydrogen-bond acceptors (Lipinski definition) is 4. The monoisotopic (exact) mass is 359 g/mol. The third-order valence-corrected chi connectivity index (χ3v) is 6.39. The number of nitrogens with one attached hydrogen (secondary N) is 1. The molecule has 0 aromatic heterocycles. The van der Waals surface area contributed by atoms with E-state index in [0.717, 1.165) is 50.7 Å². The van der Waals surface area contributed by atoms with E-state index in [1.807, 2.05) is 0 Å². The SMILES string of the molecule is C[C@@H]1C[C@H](C)CN(CCCNC(=O)[C@H]2CCCN(S(C)(=O)=O)C2)C1. The van der Waals surface area contributed by atoms with Gasteiger partial charge in [0.25, 0.3) is 0 Å². The Bertz CT molecular complexity index is 513. The van der Waals surface area contributed by atoms with Gasteiger partial charge in [-0.25, -0.2) is 12.7 Å². The molecule has 0 bridgehead atoms. The minimum absolute atomic E-state index is 0.00345. The molecule has 1 N–H and O–H groups in total. The van der Waals surface area contributed by atoms with Crippen LogP contribution in [-0.2, 0) is 14.8 Å². The maximum Gasteiger partial charge on any atom is 0.224 e. The highest BCUT2D eigenvalue weighted by Crippen LogP contribution is 2.21. The Morgan fingerprint density at radius 1 is 1.17 bits per heavy atom. The van der Waals surface area contributed by atoms with Gasteiger partial charge in [-0.05, 0) is 44.1 Å². The van der Waals surface area contributed by atoms with E-state index >= 15 is 0 Å². The van der Waals surface area contributed by atoms with Crippen LogP contribution < -0.4 is 5.32 Å². The number of carbonyl (C=O) groups is 1. The van der Waals surface area contributed by atoms with Crippen molar-refractivity contribution < 1.29 is 13.2 Å². The molecule has 24 heavy (non-hydrogen) atoms. The average molecular weight is 360 g/mol. The van der Waals surface area contributed by atoms with Gasteiger partial charge in [-0.1, -0.05) is 13.8 Å². The molecule has 2 aliphatic rings. The first-order chi connectivity index (χ1) is 11.3. The molecule has 3 atom stereocenters. The van der Waals surface area contributed by atoms with Gasteiger partial charge in [-0.15, -0.1) is 0 Å². The Labute approximate surface area is 147 Å². The predicted molar refractivity (Wildman–Crippen MR) is 96.2 cm³/mol. The van der Waals surface area contributed by atoms with Crippen LogP contribution in [-0.4, -0.2) is 69.1 Å². The fraction of sp³-hybridized carbons (Fsp3) is 0.941. The van der Waals surface area contributed by atoms with E-state index in [-0.39, 0.29) is 11.8 Å². The molecule has 0 unspecified atom stereocenters. The number of likely N-dealkylation sites (tertiary alicyclic amines) is 1. The van der Waals surface area contributed by atoms with Crippen molar-refractivity contribution in [2.75, 3.05) is 45.5 Å². The molecule has 6 nitrogen and oxygen atoms in total. The number of rotatable bonds is 6. The van der Waals surface area contributed by atoms with Crippen molar-refractivity contribution in [1.82, 2.24) is 14.5 Å². The summed E-state index contributed by atoms with van der Waals surface area (Å²) in [6.07, 6.45) is 5.01. The highest BCUT2D eigenvalue weighted by Gasteiger charge is 2.30. The molecule has 2 heterocycles. The zero-order valence-corrected chi connectivity index (χ0v) is 16.1. The smallest absolute Gasteiger partial charge is 0.224 e. The van der Waals surface area contributed by atoms with Crippen LogP contribution in [0.3, 0.4) is 0 Å². The van der Waals surface area contributed by atoms with Gasteiger partial charge in [-0.3, -0.25) is 4.79 Å². The van der Waals surface area contributed by atoms with Crippen molar-refractivity contribution in [3.05, 3.63) is 0 Å². The summed E-state index contributed by atoms with van der Waals surface area (Å²) in [6.45, 7) is 9.48. The van der Waals surface area contributed by atoms with Gasteiger partial charge in [0, 0.05) is 32.7 Å². The number of amides is 1. The van der Waals surface area contributed by atoms with Gasteiger partial charge in [0.1, 0.15) is 0 Å². The first-order valence-corrected chi connectivity index (χ1v) is 11.1. The molecule has 1 amide bonds. The molecule has 0 radical (unpaired) electrons. The number of nitrogens with zero attached hydrogens (tertiary/aromatic N) is 2. The van der Waals surface area contributed by atoms with Crippen LogP contribution in [0.4, 0.5) is 0 Å². The van der Waals surface area contributed by atoms with Crippen LogP contribution in [0.1, 0.15) is 39.5 Å². The number of sulfonamides is 1. The maximum absolute atomic E-state index is 12.3. The summed E-state index contributed by atoms with van der Waals surface area (Å²) < 4.78 is 24.7. The van der Waals surface area contributed by atoms with Crippen molar-refractivity contribution in [2.45, 2.75) is 39.5 Å². The summed E-state index contributed by atoms with van der Waals surface area (Å²) in [7, 11) is -3.20. The van der Waals surface area contributed by atoms with Crippen molar-refractivity contribution in [3.63, 3.8) is 0 Å². The van der Waals surface area contributed by atoms with Crippen molar-refractivity contribution >= 4 is 15.9 Å². The van der Waals surface area contributed by atoms with Gasteiger partial charge in [0.2, 0.25) is 15.9 Å². The topological polar surface area (TPSA) is 69.7 Å². The van der Waals surface area contributed by atoms with E-state index in [1.54, 1.807) is 0 Å². The highest BCUT2D eigenvalue weighted by atomic mass is 32.2. The Balaban J connectivity index is 1.68. The summed E-state index contributed by atoms with van der Waals surface area (Å²) in [5.74, 6) is 1.31. The molecule has 0 aromatic carbocycles. The molecule has 0 saturated carbocycles. The lowest BCUT2D eigenvalue weighted by Crippen LogP contribution is -2.45. The lowest BCUT2D eigenvalue weighted by Gasteiger charge is -2.35. The Hall–Kier alpha value is -0.660. The fourth-order valence-corrected chi connectivity index (χ4v) is 5.00. The first kappa shape index (κ1) is 19.7. The molecular formula is C17H33N3O3S. The van der Waals surface area contributed by atoms with Gasteiger partial charge < -0.3 is 10.2 Å². The van der Waals surface area contributed by atoms with Crippen LogP contribution in [0.25, 0.3) is 0 Å². The zero-order valence-electron chi connectivity index (χ0n) is 15.3. The van der Waals surface area contributed by atoms with Crippen LogP contribution in [0.5, 0.6) is 0 Å². The summed E-state index contributed by atoms with van der Waals surface area (Å²) in [6, 6.07) is 0. The molecule has 0 aliphatic carbocycles. The van der Waals surface area contributed by atoms with Crippen LogP contribution in [0, 0.1) is 17.8 Å². The van der Waals surface area contributed by atoms with Crippen LogP contribution >= 0.6 is 0 Å². The van der Waals surface area contributed by atoms with E-state index in [4.69, 9.17) is 0 Å². The normalized spacial score (nSPS) is 30.2. The van der Waals surface area contributed by atoms with Crippen LogP contribution in [0.2, 0.25) is 0 Å². The van der Waals surface area contributed by atoms with E-state index < -0.39 is 10.0 Å². The third kappa shape index (κ3) is 6.01. The second-order valence-corrected chi connectivity index (χ2v) is 9.79. The number of carbonyl (C=O) groups excluding carboxylic acids is 1. The minimum Gasteiger partial charge on any atom is -0.356 e. The zero-order chi connectivity index (χ0) is 17.7. The van der Waals surface area contributed by atoms with Gasteiger partial charge >= 0.3 is 0 Å². The summed E-state index contributed by atoms with van der Waals surface area (Å²) >= 11 is 0. The van der Waals surface area contributed by atoms with E-state index in [1.165, 1.54) is 17.0 Å². The van der Waals surface area contributed by atoms with E-state index in [9.17, 15) is 13.2 Å². The molecule has 2 rings (SSSR count). The number of hydrogen-bond donors (Lipinski definition) is 1. The Kier molecular flexibility index (Phi) is 7.07. The molecular weight excluding hydrogens is 326 g/mol. The molecule has 0 aromatic rings. The predicted octanol–water partition coefficient (Wildman–Crippen LogP) is 1.14. The fourth-order valence-electron chi connectivity index (χ4n) is 4.09. The highest BCUT2D eigenvalue weighted by molar-refractivity contribution is 7.88. The average Bonchev–Trinajstić information content (AvgIpc) is 2.50. The standard InChI is InChI=1S/C17H33N3O3S/c1-14-10-15(2)12-19(11-14)8-5-7-18-17(21)16-6-4-9-20(13-16)24(3,22)23/h14-16H,4-13H2,1-3H3,(H,18,21)/t14-,15+,16-/m0/s1. The summed E-state index contributed by atoms with van der Waals surface area (Å²) in [5.41, 5.74) is 0.